The van der Waals surface area contributed by atoms with Crippen LogP contribution in [-0.4, -0.2) is 102 Å². The number of phenolic OH excluding ortho intramolecular Hbond substituents is 1. The quantitative estimate of drug-likeness (QED) is 0.330. The van der Waals surface area contributed by atoms with Crippen molar-refractivity contribution in [2.45, 2.75) is 48.7 Å². The van der Waals surface area contributed by atoms with Crippen LogP contribution in [0.25, 0.3) is 0 Å². The van der Waals surface area contributed by atoms with E-state index < -0.39 is 60.7 Å². The summed E-state index contributed by atoms with van der Waals surface area (Å²) in [6.07, 6.45) is -3.82. The van der Waals surface area contributed by atoms with Crippen molar-refractivity contribution in [1.29, 1.82) is 0 Å². The lowest BCUT2D eigenvalue weighted by molar-refractivity contribution is -0.293. The Bertz CT molecular complexity index is 1370. The van der Waals surface area contributed by atoms with Crippen molar-refractivity contribution in [1.82, 2.24) is 5.32 Å². The van der Waals surface area contributed by atoms with Crippen molar-refractivity contribution >= 4 is 6.29 Å². The highest BCUT2D eigenvalue weighted by molar-refractivity contribution is 5.66. The number of aromatic hydroxyl groups is 1. The third kappa shape index (κ3) is 5.79. The van der Waals surface area contributed by atoms with Gasteiger partial charge in [0, 0.05) is 37.3 Å². The van der Waals surface area contributed by atoms with Gasteiger partial charge in [0.2, 0.25) is 12.5 Å². The maximum atomic E-state index is 15.9. The number of nitrogens with one attached hydrogen (secondary N) is 1. The first-order valence-electron chi connectivity index (χ1n) is 14.7. The van der Waals surface area contributed by atoms with Crippen molar-refractivity contribution < 1.29 is 61.7 Å². The number of aliphatic hydroxyl groups is 1. The number of hydrogen-bond donors (Lipinski definition) is 3. The first-order chi connectivity index (χ1) is 21.7. The number of halogens is 2. The summed E-state index contributed by atoms with van der Waals surface area (Å²) >= 11 is 0. The van der Waals surface area contributed by atoms with E-state index in [1.807, 2.05) is 0 Å². The van der Waals surface area contributed by atoms with E-state index in [0.29, 0.717) is 28.2 Å². The zero-order valence-corrected chi connectivity index (χ0v) is 25.1. The van der Waals surface area contributed by atoms with E-state index in [-0.39, 0.29) is 50.5 Å². The second-order valence-corrected chi connectivity index (χ2v) is 11.6. The van der Waals surface area contributed by atoms with Gasteiger partial charge in [0.05, 0.1) is 40.1 Å². The first-order valence-corrected chi connectivity index (χ1v) is 14.7. The standard InChI is InChI=1S/C31H37F2NO11/c1-38-10-19-18(9-35)27(15-4-23(39-2)29(37)24(5-15)40-3)16-6-21-22(43-14-42-21)7-17(16)28(19)34-12-31(32,33)26-8-20(36)30-25(45-26)11-41-13-44-30/h4-7,9,18-20,25-28,30,34,36-37H,8,10-14H2,1-3H3/t18-,19?,20?,25?,26?,27+,28?,30-/m0/s1. The molecule has 0 saturated carbocycles. The van der Waals surface area contributed by atoms with Crippen molar-refractivity contribution in [2.75, 3.05) is 54.7 Å². The lowest BCUT2D eigenvalue weighted by atomic mass is 9.64. The molecule has 4 aliphatic rings. The smallest absolute Gasteiger partial charge is 0.285 e. The average Bonchev–Trinajstić information content (AvgIpc) is 3.50. The molecule has 0 bridgehead atoms. The van der Waals surface area contributed by atoms with Crippen molar-refractivity contribution in [3.63, 3.8) is 0 Å². The highest BCUT2D eigenvalue weighted by Gasteiger charge is 2.52. The molecule has 0 spiro atoms. The molecule has 3 heterocycles. The Kier molecular flexibility index (Phi) is 9.05. The third-order valence-corrected chi connectivity index (χ3v) is 9.13. The molecule has 12 nitrogen and oxygen atoms in total. The van der Waals surface area contributed by atoms with Gasteiger partial charge in [-0.3, -0.25) is 0 Å². The fraction of sp³-hybridized carbons (Fsp3) is 0.581. The number of aliphatic hydroxyl groups excluding tert-OH is 1. The van der Waals surface area contributed by atoms with Crippen LogP contribution in [-0.2, 0) is 23.7 Å². The maximum Gasteiger partial charge on any atom is 0.285 e. The minimum Gasteiger partial charge on any atom is -0.502 e. The predicted octanol–water partition coefficient (Wildman–Crippen LogP) is 2.52. The highest BCUT2D eigenvalue weighted by Crippen LogP contribution is 2.53. The van der Waals surface area contributed by atoms with E-state index in [0.717, 1.165) is 6.29 Å². The van der Waals surface area contributed by atoms with E-state index in [2.05, 4.69) is 5.32 Å². The second kappa shape index (κ2) is 12.9. The average molecular weight is 638 g/mol. The minimum atomic E-state index is -3.41. The van der Waals surface area contributed by atoms with Crippen molar-refractivity contribution in [3.05, 3.63) is 41.0 Å². The molecule has 8 atom stereocenters. The molecule has 246 valence electrons. The first kappa shape index (κ1) is 31.7. The molecule has 0 amide bonds. The van der Waals surface area contributed by atoms with E-state index in [4.69, 9.17) is 37.9 Å². The molecule has 6 rings (SSSR count). The summed E-state index contributed by atoms with van der Waals surface area (Å²) in [4.78, 5) is 12.9. The van der Waals surface area contributed by atoms with Gasteiger partial charge >= 0.3 is 0 Å². The van der Waals surface area contributed by atoms with Crippen molar-refractivity contribution in [2.24, 2.45) is 11.8 Å². The normalized spacial score (nSPS) is 30.7. The number of carbonyl (C=O) groups is 1. The van der Waals surface area contributed by atoms with Crippen LogP contribution in [0.2, 0.25) is 0 Å². The van der Waals surface area contributed by atoms with Crippen LogP contribution in [0.3, 0.4) is 0 Å². The third-order valence-electron chi connectivity index (χ3n) is 9.13. The second-order valence-electron chi connectivity index (χ2n) is 11.6. The van der Waals surface area contributed by atoms with Crippen LogP contribution in [0.1, 0.15) is 35.1 Å². The van der Waals surface area contributed by atoms with Gasteiger partial charge in [0.15, 0.2) is 23.0 Å². The summed E-state index contributed by atoms with van der Waals surface area (Å²) in [6, 6.07) is 5.95. The number of alkyl halides is 2. The van der Waals surface area contributed by atoms with E-state index in [9.17, 15) is 15.0 Å². The number of carbonyl (C=O) groups excluding carboxylic acids is 1. The summed E-state index contributed by atoms with van der Waals surface area (Å²) in [6.45, 7) is -0.779. The molecule has 5 unspecified atom stereocenters. The molecule has 1 aliphatic carbocycles. The van der Waals surface area contributed by atoms with Crippen molar-refractivity contribution in [3.8, 4) is 28.7 Å². The molecule has 0 aromatic heterocycles. The SMILES string of the molecule is COCC1C(NCC(F)(F)C2CC(O)[C@@H]3OCOCC3O2)c2cc3c(cc2[C@@H](c2cc(OC)c(O)c(OC)c2)[C@H]1C=O)OCO3. The van der Waals surface area contributed by atoms with Gasteiger partial charge in [-0.15, -0.1) is 0 Å². The summed E-state index contributed by atoms with van der Waals surface area (Å²) in [5, 5.41) is 24.1. The van der Waals surface area contributed by atoms with E-state index in [1.165, 1.54) is 21.3 Å². The topological polar surface area (TPSA) is 143 Å². The minimum absolute atomic E-state index is 0.0184. The van der Waals surface area contributed by atoms with Gasteiger partial charge in [-0.25, -0.2) is 8.78 Å². The summed E-state index contributed by atoms with van der Waals surface area (Å²) in [5.74, 6) is -4.44. The Hall–Kier alpha value is -3.27. The fourth-order valence-corrected chi connectivity index (χ4v) is 6.98. The van der Waals surface area contributed by atoms with Gasteiger partial charge in [-0.05, 0) is 41.0 Å². The lowest BCUT2D eigenvalue weighted by Crippen LogP contribution is -2.59. The van der Waals surface area contributed by atoms with Gasteiger partial charge in [0.1, 0.15) is 31.4 Å². The highest BCUT2D eigenvalue weighted by atomic mass is 19.3. The summed E-state index contributed by atoms with van der Waals surface area (Å²) in [7, 11) is 4.28. The molecule has 2 saturated heterocycles. The monoisotopic (exact) mass is 637 g/mol. The molecule has 14 heteroatoms. The number of fused-ring (bicyclic) bond motifs is 3. The zero-order chi connectivity index (χ0) is 31.9. The molecule has 2 aromatic carbocycles. The molecule has 3 N–H and O–H groups in total. The van der Waals surface area contributed by atoms with Gasteiger partial charge in [0.25, 0.3) is 5.92 Å². The Morgan fingerprint density at radius 2 is 1.73 bits per heavy atom. The lowest BCUT2D eigenvalue weighted by Gasteiger charge is -2.45. The Morgan fingerprint density at radius 3 is 2.38 bits per heavy atom. The summed E-state index contributed by atoms with van der Waals surface area (Å²) < 4.78 is 75.6. The van der Waals surface area contributed by atoms with Crippen LogP contribution in [0.15, 0.2) is 24.3 Å². The molecule has 2 fully saturated rings. The molecular weight excluding hydrogens is 600 g/mol. The molecule has 45 heavy (non-hydrogen) atoms. The van der Waals surface area contributed by atoms with Crippen LogP contribution < -0.4 is 24.3 Å². The molecule has 0 radical (unpaired) electrons. The van der Waals surface area contributed by atoms with Crippen LogP contribution in [0.5, 0.6) is 28.7 Å². The van der Waals surface area contributed by atoms with E-state index in [1.54, 1.807) is 24.3 Å². The van der Waals surface area contributed by atoms with Crippen LogP contribution >= 0.6 is 0 Å². The zero-order valence-electron chi connectivity index (χ0n) is 25.1. The number of aldehydes is 1. The number of ether oxygens (including phenoxy) is 8. The van der Waals surface area contributed by atoms with Gasteiger partial charge in [-0.1, -0.05) is 0 Å². The van der Waals surface area contributed by atoms with Gasteiger partial charge in [-0.2, -0.15) is 0 Å². The Morgan fingerprint density at radius 1 is 1.04 bits per heavy atom. The Balaban J connectivity index is 1.38. The van der Waals surface area contributed by atoms with Crippen LogP contribution in [0.4, 0.5) is 8.78 Å². The van der Waals surface area contributed by atoms with Crippen LogP contribution in [0, 0.1) is 11.8 Å². The number of phenols is 1. The van der Waals surface area contributed by atoms with E-state index >= 15 is 8.78 Å². The molecule has 2 aromatic rings. The van der Waals surface area contributed by atoms with Gasteiger partial charge < -0.3 is 58.2 Å². The number of rotatable bonds is 10. The molecule has 3 aliphatic heterocycles. The number of benzene rings is 2. The maximum absolute atomic E-state index is 15.9. The predicted molar refractivity (Wildman–Crippen MR) is 151 cm³/mol. The largest absolute Gasteiger partial charge is 0.502 e. The molecular formula is C31H37F2NO11. The number of hydrogen-bond acceptors (Lipinski definition) is 12. The Labute approximate surface area is 258 Å². The number of methoxy groups -OCH3 is 3. The fourth-order valence-electron chi connectivity index (χ4n) is 6.98. The summed E-state index contributed by atoms with van der Waals surface area (Å²) in [5.41, 5.74) is 1.85.